The lowest BCUT2D eigenvalue weighted by molar-refractivity contribution is -0.142. The first-order valence-electron chi connectivity index (χ1n) is 6.01. The van der Waals surface area contributed by atoms with Crippen LogP contribution in [-0.4, -0.2) is 46.8 Å². The molecule has 0 radical (unpaired) electrons. The van der Waals surface area contributed by atoms with E-state index >= 15 is 0 Å². The second-order valence-corrected chi connectivity index (χ2v) is 4.67. The van der Waals surface area contributed by atoms with Crippen LogP contribution in [0.15, 0.2) is 0 Å². The van der Waals surface area contributed by atoms with E-state index in [9.17, 15) is 14.4 Å². The molecule has 110 valence electrons. The number of unbranched alkanes of at least 4 members (excludes halogenated alkanes) is 1. The molecule has 0 aliphatic rings. The van der Waals surface area contributed by atoms with Gasteiger partial charge in [-0.05, 0) is 32.7 Å². The fourth-order valence-electron chi connectivity index (χ4n) is 1.39. The van der Waals surface area contributed by atoms with E-state index in [1.807, 2.05) is 0 Å². The van der Waals surface area contributed by atoms with Gasteiger partial charge in [-0.25, -0.2) is 4.79 Å². The molecule has 2 atom stereocenters. The summed E-state index contributed by atoms with van der Waals surface area (Å²) in [6, 6.07) is -1.73. The minimum Gasteiger partial charge on any atom is -0.480 e. The summed E-state index contributed by atoms with van der Waals surface area (Å²) in [5.74, 6) is -1.95. The van der Waals surface area contributed by atoms with Crippen molar-refractivity contribution in [2.75, 3.05) is 11.9 Å². The van der Waals surface area contributed by atoms with Gasteiger partial charge in [-0.3, -0.25) is 9.59 Å². The van der Waals surface area contributed by atoms with E-state index in [1.54, 1.807) is 0 Å². The van der Waals surface area contributed by atoms with Gasteiger partial charge in [-0.15, -0.1) is 0 Å². The highest BCUT2D eigenvalue weighted by Crippen LogP contribution is 2.01. The van der Waals surface area contributed by atoms with Crippen LogP contribution in [0.4, 0.5) is 0 Å². The second-order valence-electron chi connectivity index (χ2n) is 4.11. The molecule has 0 aromatic rings. The number of hydrogen-bond acceptors (Lipinski definition) is 4. The minimum absolute atomic E-state index is 0.0868. The SMILES string of the molecule is CC(NC(=O)CBr)C(=O)NC(CCCCN)C(=O)O. The summed E-state index contributed by atoms with van der Waals surface area (Å²) in [5, 5.41) is 13.9. The van der Waals surface area contributed by atoms with Crippen LogP contribution >= 0.6 is 15.9 Å². The largest absolute Gasteiger partial charge is 0.480 e. The number of carbonyl (C=O) groups excluding carboxylic acids is 2. The van der Waals surface area contributed by atoms with E-state index in [-0.39, 0.29) is 11.2 Å². The predicted octanol–water partition coefficient (Wildman–Crippen LogP) is -0.416. The summed E-state index contributed by atoms with van der Waals surface area (Å²) in [5.41, 5.74) is 5.32. The number of nitrogens with one attached hydrogen (secondary N) is 2. The highest BCUT2D eigenvalue weighted by molar-refractivity contribution is 9.09. The van der Waals surface area contributed by atoms with Gasteiger partial charge < -0.3 is 21.5 Å². The fourth-order valence-corrected chi connectivity index (χ4v) is 1.55. The van der Waals surface area contributed by atoms with E-state index in [0.717, 1.165) is 0 Å². The van der Waals surface area contributed by atoms with E-state index in [4.69, 9.17) is 10.8 Å². The lowest BCUT2D eigenvalue weighted by atomic mass is 10.1. The molecule has 7 nitrogen and oxygen atoms in total. The number of amides is 2. The molecule has 0 saturated carbocycles. The standard InChI is InChI=1S/C11H20BrN3O4/c1-7(14-9(16)6-12)10(17)15-8(11(18)19)4-2-3-5-13/h7-8H,2-6,13H2,1H3,(H,14,16)(H,15,17)(H,18,19). The van der Waals surface area contributed by atoms with Crippen molar-refractivity contribution in [1.82, 2.24) is 10.6 Å². The van der Waals surface area contributed by atoms with Crippen LogP contribution in [0, 0.1) is 0 Å². The van der Waals surface area contributed by atoms with Crippen LogP contribution in [0.2, 0.25) is 0 Å². The molecule has 0 aliphatic heterocycles. The summed E-state index contributed by atoms with van der Waals surface area (Å²) in [6.45, 7) is 1.98. The number of alkyl halides is 1. The van der Waals surface area contributed by atoms with Crippen LogP contribution in [-0.2, 0) is 14.4 Å². The van der Waals surface area contributed by atoms with Crippen molar-refractivity contribution in [3.8, 4) is 0 Å². The van der Waals surface area contributed by atoms with Crippen molar-refractivity contribution in [2.45, 2.75) is 38.3 Å². The third-order valence-electron chi connectivity index (χ3n) is 2.45. The molecule has 0 aliphatic carbocycles. The van der Waals surface area contributed by atoms with Crippen LogP contribution < -0.4 is 16.4 Å². The van der Waals surface area contributed by atoms with E-state index < -0.39 is 24.0 Å². The Labute approximate surface area is 120 Å². The van der Waals surface area contributed by atoms with Crippen LogP contribution in [0.1, 0.15) is 26.2 Å². The summed E-state index contributed by atoms with van der Waals surface area (Å²) in [4.78, 5) is 33.8. The Hall–Kier alpha value is -1.15. The zero-order valence-electron chi connectivity index (χ0n) is 10.8. The minimum atomic E-state index is -1.09. The normalized spacial score (nSPS) is 13.4. The van der Waals surface area contributed by atoms with Gasteiger partial charge in [0.15, 0.2) is 0 Å². The van der Waals surface area contributed by atoms with Gasteiger partial charge in [0.05, 0.1) is 5.33 Å². The van der Waals surface area contributed by atoms with Crippen molar-refractivity contribution in [1.29, 1.82) is 0 Å². The van der Waals surface area contributed by atoms with Gasteiger partial charge in [-0.1, -0.05) is 15.9 Å². The molecular weight excluding hydrogens is 318 g/mol. The first kappa shape index (κ1) is 17.8. The quantitative estimate of drug-likeness (QED) is 0.336. The van der Waals surface area contributed by atoms with Crippen molar-refractivity contribution in [2.24, 2.45) is 5.73 Å². The maximum atomic E-state index is 11.7. The third kappa shape index (κ3) is 7.78. The zero-order chi connectivity index (χ0) is 14.8. The number of carbonyl (C=O) groups is 3. The highest BCUT2D eigenvalue weighted by Gasteiger charge is 2.23. The Morgan fingerprint density at radius 2 is 1.89 bits per heavy atom. The van der Waals surface area contributed by atoms with E-state index in [2.05, 4.69) is 26.6 Å². The Kier molecular flexibility index (Phi) is 9.15. The first-order chi connectivity index (χ1) is 8.92. The summed E-state index contributed by atoms with van der Waals surface area (Å²) in [6.07, 6.45) is 1.64. The Balaban J connectivity index is 4.29. The molecule has 0 aromatic carbocycles. The number of hydrogen-bond donors (Lipinski definition) is 4. The number of nitrogens with two attached hydrogens (primary N) is 1. The Bertz CT molecular complexity index is 325. The lowest BCUT2D eigenvalue weighted by Gasteiger charge is -2.18. The molecule has 19 heavy (non-hydrogen) atoms. The van der Waals surface area contributed by atoms with Gasteiger partial charge in [0, 0.05) is 0 Å². The smallest absolute Gasteiger partial charge is 0.326 e. The molecule has 0 aromatic heterocycles. The summed E-state index contributed by atoms with van der Waals surface area (Å²) >= 11 is 2.96. The molecule has 2 unspecified atom stereocenters. The van der Waals surface area contributed by atoms with Crippen molar-refractivity contribution in [3.63, 3.8) is 0 Å². The van der Waals surface area contributed by atoms with Crippen LogP contribution in [0.25, 0.3) is 0 Å². The maximum Gasteiger partial charge on any atom is 0.326 e. The first-order valence-corrected chi connectivity index (χ1v) is 7.13. The number of rotatable bonds is 9. The van der Waals surface area contributed by atoms with Crippen LogP contribution in [0.3, 0.4) is 0 Å². The molecule has 0 fully saturated rings. The lowest BCUT2D eigenvalue weighted by Crippen LogP contribution is -2.50. The molecule has 8 heteroatoms. The number of halogens is 1. The number of carboxylic acid groups (broad SMARTS) is 1. The predicted molar refractivity (Wildman–Crippen MR) is 73.9 cm³/mol. The molecule has 0 saturated heterocycles. The highest BCUT2D eigenvalue weighted by atomic mass is 79.9. The molecule has 0 spiro atoms. The fraction of sp³-hybridized carbons (Fsp3) is 0.727. The van der Waals surface area contributed by atoms with Gasteiger partial charge in [0.2, 0.25) is 11.8 Å². The monoisotopic (exact) mass is 337 g/mol. The molecular formula is C11H20BrN3O4. The van der Waals surface area contributed by atoms with Gasteiger partial charge >= 0.3 is 5.97 Å². The van der Waals surface area contributed by atoms with Crippen molar-refractivity contribution in [3.05, 3.63) is 0 Å². The molecule has 2 amide bonds. The van der Waals surface area contributed by atoms with E-state index in [1.165, 1.54) is 6.92 Å². The molecule has 0 bridgehead atoms. The second kappa shape index (κ2) is 9.74. The Morgan fingerprint density at radius 1 is 1.26 bits per heavy atom. The zero-order valence-corrected chi connectivity index (χ0v) is 12.4. The maximum absolute atomic E-state index is 11.7. The average Bonchev–Trinajstić information content (AvgIpc) is 2.36. The number of carboxylic acids is 1. The van der Waals surface area contributed by atoms with Crippen molar-refractivity contribution < 1.29 is 19.5 Å². The van der Waals surface area contributed by atoms with Gasteiger partial charge in [0.25, 0.3) is 0 Å². The topological polar surface area (TPSA) is 122 Å². The van der Waals surface area contributed by atoms with Gasteiger partial charge in [-0.2, -0.15) is 0 Å². The van der Waals surface area contributed by atoms with Crippen molar-refractivity contribution >= 4 is 33.7 Å². The summed E-state index contributed by atoms with van der Waals surface area (Å²) in [7, 11) is 0. The molecule has 5 N–H and O–H groups in total. The number of aliphatic carboxylic acids is 1. The summed E-state index contributed by atoms with van der Waals surface area (Å²) < 4.78 is 0. The van der Waals surface area contributed by atoms with Gasteiger partial charge in [0.1, 0.15) is 12.1 Å². The molecule has 0 rings (SSSR count). The Morgan fingerprint density at radius 3 is 2.37 bits per heavy atom. The van der Waals surface area contributed by atoms with Crippen LogP contribution in [0.5, 0.6) is 0 Å². The molecule has 0 heterocycles. The van der Waals surface area contributed by atoms with E-state index in [0.29, 0.717) is 25.8 Å². The third-order valence-corrected chi connectivity index (χ3v) is 2.96. The average molecular weight is 338 g/mol.